The summed E-state index contributed by atoms with van der Waals surface area (Å²) in [4.78, 5) is 8.10. The highest BCUT2D eigenvalue weighted by Crippen LogP contribution is 2.02. The fraction of sp³-hybridized carbons (Fsp3) is 0.375. The van der Waals surface area contributed by atoms with E-state index in [0.29, 0.717) is 11.7 Å². The molecule has 0 unspecified atom stereocenters. The summed E-state index contributed by atoms with van der Waals surface area (Å²) in [5, 5.41) is 4.00. The van der Waals surface area contributed by atoms with Crippen molar-refractivity contribution in [3.05, 3.63) is 24.3 Å². The van der Waals surface area contributed by atoms with Crippen molar-refractivity contribution in [3.8, 4) is 0 Å². The van der Waals surface area contributed by atoms with E-state index in [9.17, 15) is 0 Å². The Balaban J connectivity index is 2.26. The van der Waals surface area contributed by atoms with Crippen LogP contribution in [0.15, 0.2) is 18.7 Å². The predicted octanol–water partition coefficient (Wildman–Crippen LogP) is 1.30. The molecular formula is C8H9ClN4. The van der Waals surface area contributed by atoms with E-state index in [1.807, 2.05) is 12.4 Å². The monoisotopic (exact) mass is 196 g/mol. The number of nitrogens with zero attached hydrogens (tertiary/aromatic N) is 4. The Hall–Kier alpha value is -1.16. The number of halogens is 1. The Morgan fingerprint density at radius 3 is 3.15 bits per heavy atom. The second kappa shape index (κ2) is 3.70. The molecule has 0 radical (unpaired) electrons. The van der Waals surface area contributed by atoms with E-state index in [0.717, 1.165) is 18.4 Å². The summed E-state index contributed by atoms with van der Waals surface area (Å²) in [6, 6.07) is 0. The summed E-state index contributed by atoms with van der Waals surface area (Å²) in [5.74, 6) is 1.31. The first-order valence-corrected chi connectivity index (χ1v) is 4.64. The maximum absolute atomic E-state index is 5.59. The van der Waals surface area contributed by atoms with E-state index in [4.69, 9.17) is 11.6 Å². The molecule has 0 amide bonds. The smallest absolute Gasteiger partial charge is 0.219 e. The van der Waals surface area contributed by atoms with Crippen LogP contribution < -0.4 is 0 Å². The average Bonchev–Trinajstić information content (AvgIpc) is 2.61. The maximum atomic E-state index is 5.59. The summed E-state index contributed by atoms with van der Waals surface area (Å²) in [6.07, 6.45) is 7.14. The highest BCUT2D eigenvalue weighted by molar-refractivity contribution is 6.17. The molecule has 0 fully saturated rings. The molecule has 5 heteroatoms. The van der Waals surface area contributed by atoms with Crippen molar-refractivity contribution in [2.45, 2.75) is 12.8 Å². The van der Waals surface area contributed by atoms with Gasteiger partial charge in [-0.1, -0.05) is 0 Å². The van der Waals surface area contributed by atoms with Crippen LogP contribution in [0.1, 0.15) is 12.0 Å². The Morgan fingerprint density at radius 2 is 2.31 bits per heavy atom. The first kappa shape index (κ1) is 8.44. The minimum atomic E-state index is 0.634. The summed E-state index contributed by atoms with van der Waals surface area (Å²) in [7, 11) is 0. The number of hydrogen-bond donors (Lipinski definition) is 0. The molecule has 0 atom stereocenters. The van der Waals surface area contributed by atoms with Crippen LogP contribution in [0.5, 0.6) is 0 Å². The van der Waals surface area contributed by atoms with E-state index in [1.54, 1.807) is 4.52 Å². The fourth-order valence-electron chi connectivity index (χ4n) is 1.16. The van der Waals surface area contributed by atoms with Gasteiger partial charge in [0.2, 0.25) is 0 Å². The van der Waals surface area contributed by atoms with Crippen molar-refractivity contribution in [1.82, 2.24) is 19.6 Å². The fourth-order valence-corrected chi connectivity index (χ4v) is 1.29. The van der Waals surface area contributed by atoms with Gasteiger partial charge >= 0.3 is 0 Å². The molecule has 0 spiro atoms. The SMILES string of the molecule is ClCCCc1cnc2ncnn2c1. The molecule has 0 bridgehead atoms. The quantitative estimate of drug-likeness (QED) is 0.695. The third-order valence-electron chi connectivity index (χ3n) is 1.79. The van der Waals surface area contributed by atoms with Crippen LogP contribution in [0, 0.1) is 0 Å². The first-order chi connectivity index (χ1) is 6.40. The summed E-state index contributed by atoms with van der Waals surface area (Å²) >= 11 is 5.59. The molecule has 13 heavy (non-hydrogen) atoms. The lowest BCUT2D eigenvalue weighted by Crippen LogP contribution is -1.95. The van der Waals surface area contributed by atoms with E-state index in [2.05, 4.69) is 15.1 Å². The summed E-state index contributed by atoms with van der Waals surface area (Å²) in [5.41, 5.74) is 1.14. The van der Waals surface area contributed by atoms with Gasteiger partial charge in [-0.05, 0) is 18.4 Å². The summed E-state index contributed by atoms with van der Waals surface area (Å²) in [6.45, 7) is 0. The van der Waals surface area contributed by atoms with Gasteiger partial charge in [0, 0.05) is 18.3 Å². The highest BCUT2D eigenvalue weighted by Gasteiger charge is 1.98. The molecule has 0 aromatic carbocycles. The molecule has 0 aliphatic rings. The maximum Gasteiger partial charge on any atom is 0.252 e. The second-order valence-corrected chi connectivity index (χ2v) is 3.14. The van der Waals surface area contributed by atoms with Gasteiger partial charge in [0.15, 0.2) is 0 Å². The van der Waals surface area contributed by atoms with Crippen LogP contribution >= 0.6 is 11.6 Å². The molecule has 68 valence electrons. The topological polar surface area (TPSA) is 43.1 Å². The molecule has 2 aromatic heterocycles. The van der Waals surface area contributed by atoms with Crippen LogP contribution in [0.4, 0.5) is 0 Å². The van der Waals surface area contributed by atoms with Crippen LogP contribution in [0.2, 0.25) is 0 Å². The lowest BCUT2D eigenvalue weighted by molar-refractivity contribution is 0.867. The molecule has 0 aliphatic carbocycles. The van der Waals surface area contributed by atoms with Crippen molar-refractivity contribution < 1.29 is 0 Å². The minimum absolute atomic E-state index is 0.634. The number of alkyl halides is 1. The normalized spacial score (nSPS) is 10.8. The lowest BCUT2D eigenvalue weighted by atomic mass is 10.2. The number of fused-ring (bicyclic) bond motifs is 1. The Labute approximate surface area is 80.6 Å². The van der Waals surface area contributed by atoms with E-state index < -0.39 is 0 Å². The Kier molecular flexibility index (Phi) is 2.40. The second-order valence-electron chi connectivity index (χ2n) is 2.76. The van der Waals surface area contributed by atoms with Crippen molar-refractivity contribution >= 4 is 17.4 Å². The molecule has 4 nitrogen and oxygen atoms in total. The van der Waals surface area contributed by atoms with Gasteiger partial charge in [-0.25, -0.2) is 9.50 Å². The standard InChI is InChI=1S/C8H9ClN4/c9-3-1-2-7-4-10-8-11-6-12-13(8)5-7/h4-6H,1-3H2. The number of aromatic nitrogens is 4. The zero-order valence-corrected chi connectivity index (χ0v) is 7.78. The molecule has 2 aromatic rings. The van der Waals surface area contributed by atoms with E-state index in [1.165, 1.54) is 6.33 Å². The molecule has 0 saturated carbocycles. The van der Waals surface area contributed by atoms with Crippen LogP contribution in [-0.2, 0) is 6.42 Å². The van der Waals surface area contributed by atoms with Crippen LogP contribution in [0.3, 0.4) is 0 Å². The Bertz CT molecular complexity index is 398. The third kappa shape index (κ3) is 1.78. The van der Waals surface area contributed by atoms with Gasteiger partial charge in [0.25, 0.3) is 5.78 Å². The van der Waals surface area contributed by atoms with Crippen molar-refractivity contribution in [2.24, 2.45) is 0 Å². The molecule has 0 saturated heterocycles. The lowest BCUT2D eigenvalue weighted by Gasteiger charge is -1.97. The van der Waals surface area contributed by atoms with Gasteiger partial charge in [-0.2, -0.15) is 10.1 Å². The van der Waals surface area contributed by atoms with Crippen LogP contribution in [-0.4, -0.2) is 25.5 Å². The highest BCUT2D eigenvalue weighted by atomic mass is 35.5. The van der Waals surface area contributed by atoms with E-state index in [-0.39, 0.29) is 0 Å². The van der Waals surface area contributed by atoms with Gasteiger partial charge in [0.05, 0.1) is 0 Å². The average molecular weight is 197 g/mol. The van der Waals surface area contributed by atoms with Gasteiger partial charge < -0.3 is 0 Å². The first-order valence-electron chi connectivity index (χ1n) is 4.10. The third-order valence-corrected chi connectivity index (χ3v) is 2.05. The van der Waals surface area contributed by atoms with E-state index >= 15 is 0 Å². The van der Waals surface area contributed by atoms with Gasteiger partial charge in [0.1, 0.15) is 6.33 Å². The number of aryl methyl sites for hydroxylation is 1. The molecule has 2 heterocycles. The van der Waals surface area contributed by atoms with Gasteiger partial charge in [-0.3, -0.25) is 0 Å². The number of hydrogen-bond acceptors (Lipinski definition) is 3. The summed E-state index contributed by atoms with van der Waals surface area (Å²) < 4.78 is 1.67. The molecular weight excluding hydrogens is 188 g/mol. The zero-order chi connectivity index (χ0) is 9.10. The van der Waals surface area contributed by atoms with Crippen molar-refractivity contribution in [1.29, 1.82) is 0 Å². The van der Waals surface area contributed by atoms with Crippen molar-refractivity contribution in [2.75, 3.05) is 5.88 Å². The Morgan fingerprint density at radius 1 is 1.38 bits per heavy atom. The minimum Gasteiger partial charge on any atom is -0.219 e. The molecule has 2 rings (SSSR count). The number of rotatable bonds is 3. The molecule has 0 N–H and O–H groups in total. The van der Waals surface area contributed by atoms with Gasteiger partial charge in [-0.15, -0.1) is 11.6 Å². The zero-order valence-electron chi connectivity index (χ0n) is 7.02. The van der Waals surface area contributed by atoms with Crippen molar-refractivity contribution in [3.63, 3.8) is 0 Å². The molecule has 0 aliphatic heterocycles. The predicted molar refractivity (Wildman–Crippen MR) is 49.8 cm³/mol. The van der Waals surface area contributed by atoms with Crippen LogP contribution in [0.25, 0.3) is 5.78 Å². The largest absolute Gasteiger partial charge is 0.252 e.